The lowest BCUT2D eigenvalue weighted by atomic mass is 10.0. The Balaban J connectivity index is 1.79. The summed E-state index contributed by atoms with van der Waals surface area (Å²) in [5, 5.41) is 0. The van der Waals surface area contributed by atoms with Gasteiger partial charge in [0.1, 0.15) is 6.10 Å². The van der Waals surface area contributed by atoms with Crippen LogP contribution in [0.1, 0.15) is 38.1 Å². The number of carbonyl (C=O) groups is 1. The summed E-state index contributed by atoms with van der Waals surface area (Å²) in [6, 6.07) is -1.51. The largest absolute Gasteiger partial charge is 0.459 e. The molecular weight excluding hydrogens is 250 g/mol. The van der Waals surface area contributed by atoms with E-state index in [4.69, 9.17) is 11.6 Å². The fourth-order valence-electron chi connectivity index (χ4n) is 3.18. The Hall–Kier alpha value is -1.61. The van der Waals surface area contributed by atoms with Crippen molar-refractivity contribution in [1.82, 2.24) is 4.90 Å². The number of rotatable bonds is 3. The van der Waals surface area contributed by atoms with Gasteiger partial charge in [-0.05, 0) is 25.5 Å². The average Bonchev–Trinajstić information content (AvgIpc) is 2.79. The van der Waals surface area contributed by atoms with E-state index in [2.05, 4.69) is 18.5 Å². The van der Waals surface area contributed by atoms with Gasteiger partial charge < -0.3 is 9.64 Å². The predicted molar refractivity (Wildman–Crippen MR) is 79.2 cm³/mol. The molecule has 2 aliphatic rings. The number of fused-ring (bicyclic) bond motifs is 2. The van der Waals surface area contributed by atoms with Crippen molar-refractivity contribution in [3.05, 3.63) is 42.4 Å². The molecule has 0 N–H and O–H groups in total. The third kappa shape index (κ3) is 2.50. The number of ether oxygens (including phenoxy) is 1. The third-order valence-corrected chi connectivity index (χ3v) is 4.38. The van der Waals surface area contributed by atoms with Gasteiger partial charge in [-0.15, -0.1) is 0 Å². The van der Waals surface area contributed by atoms with E-state index < -0.39 is 36.2 Å². The van der Waals surface area contributed by atoms with Gasteiger partial charge in [-0.1, -0.05) is 36.8 Å². The van der Waals surface area contributed by atoms with Crippen LogP contribution in [0.5, 0.6) is 0 Å². The average molecular weight is 276 g/mol. The molecular formula is C17H21NO2. The molecule has 0 saturated carbocycles. The van der Waals surface area contributed by atoms with Gasteiger partial charge >= 0.3 is 5.97 Å². The smallest absolute Gasteiger partial charge is 0.338 e. The van der Waals surface area contributed by atoms with Crippen LogP contribution in [0.25, 0.3) is 5.57 Å². The summed E-state index contributed by atoms with van der Waals surface area (Å²) in [6.45, 7) is 3.64. The molecule has 2 unspecified atom stereocenters. The zero-order valence-corrected chi connectivity index (χ0v) is 11.5. The summed E-state index contributed by atoms with van der Waals surface area (Å²) < 4.78 is 44.4. The van der Waals surface area contributed by atoms with Gasteiger partial charge in [0.2, 0.25) is 0 Å². The molecule has 0 amide bonds. The van der Waals surface area contributed by atoms with Crippen LogP contribution in [0.15, 0.2) is 36.8 Å². The van der Waals surface area contributed by atoms with Gasteiger partial charge in [-0.2, -0.15) is 0 Å². The highest BCUT2D eigenvalue weighted by Crippen LogP contribution is 2.35. The second-order valence-electron chi connectivity index (χ2n) is 5.53. The lowest BCUT2D eigenvalue weighted by Crippen LogP contribution is -2.43. The van der Waals surface area contributed by atoms with Crippen molar-refractivity contribution in [3.63, 3.8) is 0 Å². The first-order valence-corrected chi connectivity index (χ1v) is 6.91. The molecule has 2 saturated heterocycles. The van der Waals surface area contributed by atoms with E-state index >= 15 is 0 Å². The fraction of sp³-hybridized carbons (Fsp3) is 0.471. The summed E-state index contributed by atoms with van der Waals surface area (Å²) in [5.41, 5.74) is -0.379. The molecule has 2 heterocycles. The maximum Gasteiger partial charge on any atom is 0.338 e. The van der Waals surface area contributed by atoms with Crippen LogP contribution >= 0.6 is 0 Å². The zero-order chi connectivity index (χ0) is 18.5. The van der Waals surface area contributed by atoms with Gasteiger partial charge in [-0.25, -0.2) is 4.79 Å². The number of esters is 1. The van der Waals surface area contributed by atoms with Crippen LogP contribution in [0.4, 0.5) is 0 Å². The van der Waals surface area contributed by atoms with Crippen molar-refractivity contribution in [2.45, 2.75) is 43.9 Å². The SMILES string of the molecule is [2H]c1c([2H])c([2H])c(C(=C)C(=O)OC2CC3CCC(C2)N3C)c([2H])c1[2H]. The summed E-state index contributed by atoms with van der Waals surface area (Å²) in [5.74, 6) is -0.715. The summed E-state index contributed by atoms with van der Waals surface area (Å²) in [4.78, 5) is 14.8. The van der Waals surface area contributed by atoms with Gasteiger partial charge in [0.25, 0.3) is 0 Å². The summed E-state index contributed by atoms with van der Waals surface area (Å²) in [6.07, 6.45) is 3.49. The zero-order valence-electron chi connectivity index (χ0n) is 16.5. The molecule has 20 heavy (non-hydrogen) atoms. The molecule has 1 aromatic rings. The Morgan fingerprint density at radius 3 is 2.50 bits per heavy atom. The molecule has 2 fully saturated rings. The molecule has 106 valence electrons. The second kappa shape index (κ2) is 5.41. The molecule has 0 radical (unpaired) electrons. The number of nitrogens with zero attached hydrogens (tertiary/aromatic N) is 1. The van der Waals surface area contributed by atoms with Gasteiger partial charge in [0.15, 0.2) is 0 Å². The van der Waals surface area contributed by atoms with Crippen molar-refractivity contribution in [2.24, 2.45) is 0 Å². The van der Waals surface area contributed by atoms with Crippen molar-refractivity contribution < 1.29 is 16.4 Å². The minimum atomic E-state index is -0.715. The topological polar surface area (TPSA) is 29.5 Å². The van der Waals surface area contributed by atoms with Crippen LogP contribution < -0.4 is 0 Å². The van der Waals surface area contributed by atoms with Crippen LogP contribution in [-0.4, -0.2) is 36.1 Å². The van der Waals surface area contributed by atoms with Crippen LogP contribution in [-0.2, 0) is 9.53 Å². The third-order valence-electron chi connectivity index (χ3n) is 4.38. The maximum absolute atomic E-state index is 12.5. The van der Waals surface area contributed by atoms with E-state index in [1.54, 1.807) is 0 Å². The van der Waals surface area contributed by atoms with Crippen molar-refractivity contribution >= 4 is 11.5 Å². The molecule has 2 atom stereocenters. The van der Waals surface area contributed by atoms with Crippen molar-refractivity contribution in [3.8, 4) is 0 Å². The quantitative estimate of drug-likeness (QED) is 0.628. The number of piperidine rings is 1. The van der Waals surface area contributed by atoms with E-state index in [0.717, 1.165) is 25.7 Å². The number of hydrogen-bond acceptors (Lipinski definition) is 3. The molecule has 3 nitrogen and oxygen atoms in total. The van der Waals surface area contributed by atoms with E-state index in [-0.39, 0.29) is 17.2 Å². The van der Waals surface area contributed by atoms with E-state index in [1.807, 2.05) is 0 Å². The molecule has 2 aliphatic heterocycles. The summed E-state index contributed by atoms with van der Waals surface area (Å²) >= 11 is 0. The van der Waals surface area contributed by atoms with E-state index in [0.29, 0.717) is 12.1 Å². The van der Waals surface area contributed by atoms with Crippen LogP contribution in [0.2, 0.25) is 0 Å². The van der Waals surface area contributed by atoms with Crippen LogP contribution in [0.3, 0.4) is 0 Å². The Bertz CT molecular complexity index is 708. The normalized spacial score (nSPS) is 32.6. The van der Waals surface area contributed by atoms with Crippen molar-refractivity contribution in [2.75, 3.05) is 7.05 Å². The van der Waals surface area contributed by atoms with Gasteiger partial charge in [0.05, 0.1) is 12.4 Å². The summed E-state index contributed by atoms with van der Waals surface area (Å²) in [7, 11) is 2.09. The van der Waals surface area contributed by atoms with Crippen molar-refractivity contribution in [1.29, 1.82) is 0 Å². The Kier molecular flexibility index (Phi) is 2.33. The molecule has 3 heteroatoms. The predicted octanol–water partition coefficient (Wildman–Crippen LogP) is 2.87. The first-order valence-electron chi connectivity index (χ1n) is 9.41. The number of hydrogen-bond donors (Lipinski definition) is 0. The standard InChI is InChI=1S/C17H21NO2/c1-12(13-6-4-3-5-7-13)17(19)20-16-10-14-8-9-15(11-16)18(14)2/h3-7,14-16H,1,8-11H2,2H3/i3D,4D,5D,6D,7D. The molecule has 1 aromatic carbocycles. The number of benzene rings is 1. The molecule has 0 spiro atoms. The van der Waals surface area contributed by atoms with Gasteiger partial charge in [-0.3, -0.25) is 0 Å². The Morgan fingerprint density at radius 1 is 1.30 bits per heavy atom. The van der Waals surface area contributed by atoms with Crippen LogP contribution in [0, 0.1) is 0 Å². The highest BCUT2D eigenvalue weighted by Gasteiger charge is 2.39. The first kappa shape index (κ1) is 8.63. The minimum absolute atomic E-state index is 0.188. The number of carbonyl (C=O) groups excluding carboxylic acids is 1. The highest BCUT2D eigenvalue weighted by atomic mass is 16.5. The van der Waals surface area contributed by atoms with E-state index in [9.17, 15) is 4.79 Å². The van der Waals surface area contributed by atoms with E-state index in [1.165, 1.54) is 0 Å². The molecule has 0 aromatic heterocycles. The Labute approximate surface area is 127 Å². The lowest BCUT2D eigenvalue weighted by molar-refractivity contribution is -0.145. The fourth-order valence-corrected chi connectivity index (χ4v) is 3.18. The maximum atomic E-state index is 12.5. The second-order valence-corrected chi connectivity index (χ2v) is 5.53. The Morgan fingerprint density at radius 2 is 1.90 bits per heavy atom. The monoisotopic (exact) mass is 276 g/mol. The molecule has 3 rings (SSSR count). The highest BCUT2D eigenvalue weighted by molar-refractivity contribution is 6.15. The molecule has 0 aliphatic carbocycles. The molecule has 2 bridgehead atoms. The first-order chi connectivity index (χ1) is 11.7. The lowest BCUT2D eigenvalue weighted by Gasteiger charge is -2.35. The van der Waals surface area contributed by atoms with Gasteiger partial charge in [0, 0.05) is 24.9 Å². The minimum Gasteiger partial charge on any atom is -0.459 e.